The van der Waals surface area contributed by atoms with Crippen LogP contribution in [0, 0.1) is 0 Å². The molecule has 1 aromatic rings. The van der Waals surface area contributed by atoms with Gasteiger partial charge in [-0.15, -0.1) is 0 Å². The summed E-state index contributed by atoms with van der Waals surface area (Å²) in [6.07, 6.45) is 0.316. The van der Waals surface area contributed by atoms with Gasteiger partial charge in [0.15, 0.2) is 0 Å². The van der Waals surface area contributed by atoms with Crippen LogP contribution < -0.4 is 4.74 Å². The highest BCUT2D eigenvalue weighted by Crippen LogP contribution is 2.27. The van der Waals surface area contributed by atoms with E-state index in [-0.39, 0.29) is 11.7 Å². The van der Waals surface area contributed by atoms with Crippen LogP contribution in [0.2, 0.25) is 0 Å². The molecule has 3 nitrogen and oxygen atoms in total. The number of ether oxygens (including phenoxy) is 1. The van der Waals surface area contributed by atoms with Gasteiger partial charge in [0.2, 0.25) is 0 Å². The number of phenols is 1. The first kappa shape index (κ1) is 10.1. The van der Waals surface area contributed by atoms with Crippen molar-refractivity contribution < 1.29 is 14.6 Å². The molecule has 0 bridgehead atoms. The summed E-state index contributed by atoms with van der Waals surface area (Å²) in [5.74, 6) is 0.0932. The van der Waals surface area contributed by atoms with E-state index < -0.39 is 0 Å². The summed E-state index contributed by atoms with van der Waals surface area (Å²) < 4.78 is 5.45. The Morgan fingerprint density at radius 3 is 2.85 bits per heavy atom. The zero-order valence-corrected chi connectivity index (χ0v) is 8.67. The number of esters is 1. The molecule has 0 aliphatic rings. The molecule has 1 N–H and O–H groups in total. The molecule has 0 spiro atoms. The van der Waals surface area contributed by atoms with Gasteiger partial charge >= 0.3 is 5.97 Å². The largest absolute Gasteiger partial charge is 0.507 e. The van der Waals surface area contributed by atoms with Crippen LogP contribution in [0.15, 0.2) is 22.7 Å². The molecule has 0 unspecified atom stereocenters. The molecule has 0 amide bonds. The molecule has 0 heterocycles. The van der Waals surface area contributed by atoms with E-state index in [1.807, 2.05) is 0 Å². The standard InChI is InChI=1S/C9H9BrO3/c1-2-9(12)13-6-3-4-7(10)8(11)5-6/h3-5,11H,2H2,1H3. The fourth-order valence-corrected chi connectivity index (χ4v) is 1.01. The predicted octanol–water partition coefficient (Wildman–Crippen LogP) is 2.47. The number of rotatable bonds is 2. The Kier molecular flexibility index (Phi) is 3.31. The minimum absolute atomic E-state index is 0.0569. The second-order valence-corrected chi connectivity index (χ2v) is 3.30. The lowest BCUT2D eigenvalue weighted by Gasteiger charge is -2.03. The molecule has 0 atom stereocenters. The molecule has 0 radical (unpaired) electrons. The Bertz CT molecular complexity index is 323. The van der Waals surface area contributed by atoms with Crippen molar-refractivity contribution in [3.05, 3.63) is 22.7 Å². The lowest BCUT2D eigenvalue weighted by Crippen LogP contribution is -2.05. The number of hydrogen-bond acceptors (Lipinski definition) is 3. The highest BCUT2D eigenvalue weighted by molar-refractivity contribution is 9.10. The number of phenolic OH excluding ortho intramolecular Hbond substituents is 1. The van der Waals surface area contributed by atoms with Gasteiger partial charge in [0, 0.05) is 12.5 Å². The Morgan fingerprint density at radius 2 is 2.31 bits per heavy atom. The first-order chi connectivity index (χ1) is 6.13. The SMILES string of the molecule is CCC(=O)Oc1ccc(Br)c(O)c1. The molecular weight excluding hydrogens is 236 g/mol. The third kappa shape index (κ3) is 2.73. The number of carbonyl (C=O) groups is 1. The summed E-state index contributed by atoms with van der Waals surface area (Å²) in [5, 5.41) is 9.25. The summed E-state index contributed by atoms with van der Waals surface area (Å²) in [6.45, 7) is 1.71. The molecule has 0 fully saturated rings. The van der Waals surface area contributed by atoms with E-state index >= 15 is 0 Å². The summed E-state index contributed by atoms with van der Waals surface area (Å²) >= 11 is 3.12. The van der Waals surface area contributed by atoms with E-state index in [1.165, 1.54) is 6.07 Å². The highest BCUT2D eigenvalue weighted by Gasteiger charge is 2.04. The molecular formula is C9H9BrO3. The number of benzene rings is 1. The van der Waals surface area contributed by atoms with E-state index in [0.717, 1.165) is 0 Å². The van der Waals surface area contributed by atoms with Crippen molar-refractivity contribution in [3.63, 3.8) is 0 Å². The van der Waals surface area contributed by atoms with Crippen molar-refractivity contribution >= 4 is 21.9 Å². The molecule has 1 aromatic carbocycles. The van der Waals surface area contributed by atoms with Crippen LogP contribution in [-0.2, 0) is 4.79 Å². The Morgan fingerprint density at radius 1 is 1.62 bits per heavy atom. The van der Waals surface area contributed by atoms with Gasteiger partial charge in [-0.1, -0.05) is 6.92 Å². The third-order valence-electron chi connectivity index (χ3n) is 1.44. The molecule has 0 saturated heterocycles. The van der Waals surface area contributed by atoms with Crippen molar-refractivity contribution in [3.8, 4) is 11.5 Å². The minimum Gasteiger partial charge on any atom is -0.507 e. The van der Waals surface area contributed by atoms with E-state index in [9.17, 15) is 9.90 Å². The summed E-state index contributed by atoms with van der Waals surface area (Å²) in [4.78, 5) is 10.9. The van der Waals surface area contributed by atoms with Gasteiger partial charge in [-0.3, -0.25) is 4.79 Å². The predicted molar refractivity (Wildman–Crippen MR) is 51.7 cm³/mol. The van der Waals surface area contributed by atoms with E-state index in [2.05, 4.69) is 15.9 Å². The number of hydrogen-bond donors (Lipinski definition) is 1. The fourth-order valence-electron chi connectivity index (χ4n) is 0.760. The van der Waals surface area contributed by atoms with Crippen LogP contribution in [-0.4, -0.2) is 11.1 Å². The molecule has 4 heteroatoms. The smallest absolute Gasteiger partial charge is 0.310 e. The lowest BCUT2D eigenvalue weighted by atomic mass is 10.3. The third-order valence-corrected chi connectivity index (χ3v) is 2.11. The second kappa shape index (κ2) is 4.28. The summed E-state index contributed by atoms with van der Waals surface area (Å²) in [5.41, 5.74) is 0. The van der Waals surface area contributed by atoms with Gasteiger partial charge in [0.25, 0.3) is 0 Å². The monoisotopic (exact) mass is 244 g/mol. The van der Waals surface area contributed by atoms with Gasteiger partial charge in [-0.05, 0) is 28.1 Å². The first-order valence-corrected chi connectivity index (χ1v) is 4.62. The van der Waals surface area contributed by atoms with Crippen LogP contribution in [0.1, 0.15) is 13.3 Å². The molecule has 0 aliphatic heterocycles. The normalized spacial score (nSPS) is 9.69. The van der Waals surface area contributed by atoms with Gasteiger partial charge in [0.1, 0.15) is 11.5 Å². The average molecular weight is 245 g/mol. The molecule has 0 aromatic heterocycles. The first-order valence-electron chi connectivity index (χ1n) is 3.82. The van der Waals surface area contributed by atoms with Crippen LogP contribution in [0.25, 0.3) is 0 Å². The van der Waals surface area contributed by atoms with Crippen molar-refractivity contribution in [2.45, 2.75) is 13.3 Å². The zero-order chi connectivity index (χ0) is 9.84. The Balaban J connectivity index is 2.79. The van der Waals surface area contributed by atoms with Crippen molar-refractivity contribution in [2.75, 3.05) is 0 Å². The van der Waals surface area contributed by atoms with E-state index in [4.69, 9.17) is 4.74 Å². The van der Waals surface area contributed by atoms with E-state index in [1.54, 1.807) is 19.1 Å². The highest BCUT2D eigenvalue weighted by atomic mass is 79.9. The number of halogens is 1. The quantitative estimate of drug-likeness (QED) is 0.643. The van der Waals surface area contributed by atoms with Crippen molar-refractivity contribution in [2.24, 2.45) is 0 Å². The second-order valence-electron chi connectivity index (χ2n) is 2.44. The molecule has 0 aliphatic carbocycles. The maximum atomic E-state index is 10.9. The zero-order valence-electron chi connectivity index (χ0n) is 7.08. The lowest BCUT2D eigenvalue weighted by molar-refractivity contribution is -0.134. The van der Waals surface area contributed by atoms with Crippen LogP contribution in [0.5, 0.6) is 11.5 Å². The number of aromatic hydroxyl groups is 1. The van der Waals surface area contributed by atoms with Crippen LogP contribution >= 0.6 is 15.9 Å². The molecule has 1 rings (SSSR count). The Hall–Kier alpha value is -1.03. The van der Waals surface area contributed by atoms with Crippen LogP contribution in [0.4, 0.5) is 0 Å². The van der Waals surface area contributed by atoms with Gasteiger partial charge in [-0.25, -0.2) is 0 Å². The fraction of sp³-hybridized carbons (Fsp3) is 0.222. The summed E-state index contributed by atoms with van der Waals surface area (Å²) in [6, 6.07) is 4.61. The maximum absolute atomic E-state index is 10.9. The molecule has 70 valence electrons. The maximum Gasteiger partial charge on any atom is 0.310 e. The number of carbonyl (C=O) groups excluding carboxylic acids is 1. The molecule has 13 heavy (non-hydrogen) atoms. The van der Waals surface area contributed by atoms with Gasteiger partial charge in [-0.2, -0.15) is 0 Å². The van der Waals surface area contributed by atoms with Gasteiger partial charge in [0.05, 0.1) is 4.47 Å². The van der Waals surface area contributed by atoms with E-state index in [0.29, 0.717) is 16.6 Å². The molecule has 0 saturated carbocycles. The van der Waals surface area contributed by atoms with Crippen LogP contribution in [0.3, 0.4) is 0 Å². The Labute approximate surface area is 84.5 Å². The van der Waals surface area contributed by atoms with Crippen molar-refractivity contribution in [1.29, 1.82) is 0 Å². The van der Waals surface area contributed by atoms with Crippen molar-refractivity contribution in [1.82, 2.24) is 0 Å². The van der Waals surface area contributed by atoms with Gasteiger partial charge < -0.3 is 9.84 Å². The average Bonchev–Trinajstić information content (AvgIpc) is 2.11. The topological polar surface area (TPSA) is 46.5 Å². The summed E-state index contributed by atoms with van der Waals surface area (Å²) in [7, 11) is 0. The minimum atomic E-state index is -0.318.